The van der Waals surface area contributed by atoms with Gasteiger partial charge in [-0.05, 0) is 55.3 Å². The summed E-state index contributed by atoms with van der Waals surface area (Å²) in [6.07, 6.45) is 0. The number of nitro benzene ring substituents is 1. The molecule has 1 fully saturated rings. The largest absolute Gasteiger partial charge is 0.301 e. The van der Waals surface area contributed by atoms with Crippen LogP contribution in [0.15, 0.2) is 36.4 Å². The summed E-state index contributed by atoms with van der Waals surface area (Å²) in [5, 5.41) is 11.4. The van der Waals surface area contributed by atoms with E-state index in [4.69, 9.17) is 23.8 Å². The second-order valence-electron chi connectivity index (χ2n) is 7.68. The van der Waals surface area contributed by atoms with Crippen LogP contribution in [0, 0.1) is 17.0 Å². The van der Waals surface area contributed by atoms with E-state index in [1.165, 1.54) is 18.2 Å². The molecule has 2 heterocycles. The number of anilines is 1. The highest BCUT2D eigenvalue weighted by Crippen LogP contribution is 2.59. The lowest BCUT2D eigenvalue weighted by molar-refractivity contribution is -0.384. The van der Waals surface area contributed by atoms with Crippen LogP contribution in [0.25, 0.3) is 0 Å². The lowest BCUT2D eigenvalue weighted by Crippen LogP contribution is -2.58. The van der Waals surface area contributed by atoms with Crippen LogP contribution in [0.2, 0.25) is 5.02 Å². The number of carbonyl (C=O) groups is 1. The minimum absolute atomic E-state index is 0.00800. The fraction of sp³-hybridized carbons (Fsp3) is 0.300. The van der Waals surface area contributed by atoms with Crippen LogP contribution in [0.3, 0.4) is 0 Å². The van der Waals surface area contributed by atoms with Crippen LogP contribution in [0.1, 0.15) is 41.3 Å². The number of benzene rings is 2. The molecule has 2 aromatic rings. The van der Waals surface area contributed by atoms with Gasteiger partial charge < -0.3 is 4.90 Å². The van der Waals surface area contributed by atoms with Gasteiger partial charge in [0.1, 0.15) is 5.02 Å². The van der Waals surface area contributed by atoms with Crippen LogP contribution >= 0.6 is 45.4 Å². The highest BCUT2D eigenvalue weighted by Gasteiger charge is 2.53. The average Bonchev–Trinajstić information content (AvgIpc) is 3.05. The fourth-order valence-corrected chi connectivity index (χ4v) is 8.22. The van der Waals surface area contributed by atoms with Gasteiger partial charge in [0.15, 0.2) is 0 Å². The molecule has 150 valence electrons. The molecule has 4 rings (SSSR count). The summed E-state index contributed by atoms with van der Waals surface area (Å²) in [6, 6.07) is 10.2. The summed E-state index contributed by atoms with van der Waals surface area (Å²) in [5.41, 5.74) is 2.35. The number of aryl methyl sites for hydroxylation is 1. The number of nitro groups is 1. The maximum Gasteiger partial charge on any atom is 0.288 e. The Hall–Kier alpha value is -1.61. The van der Waals surface area contributed by atoms with Gasteiger partial charge in [-0.3, -0.25) is 14.9 Å². The molecule has 2 atom stereocenters. The standard InChI is InChI=1S/C20H17ClN2O3S3/c1-10-4-7-14-12(8-10)16-17(28-29-19(16)27)20(2,3)22(14)18(24)11-5-6-13(21)15(9-11)23(25)26/h4-9,16-17H,1-3H3/t16-,17-/m1/s1. The van der Waals surface area contributed by atoms with Gasteiger partial charge in [0.05, 0.1) is 19.9 Å². The number of thiocarbonyl (C=S) groups is 1. The summed E-state index contributed by atoms with van der Waals surface area (Å²) >= 11 is 11.6. The molecule has 0 bridgehead atoms. The zero-order chi connectivity index (χ0) is 21.1. The van der Waals surface area contributed by atoms with Gasteiger partial charge in [0, 0.05) is 23.2 Å². The van der Waals surface area contributed by atoms with Crippen molar-refractivity contribution in [2.24, 2.45) is 0 Å². The molecule has 2 aromatic carbocycles. The summed E-state index contributed by atoms with van der Waals surface area (Å²) in [4.78, 5) is 26.1. The van der Waals surface area contributed by atoms with Gasteiger partial charge in [0.25, 0.3) is 11.6 Å². The molecule has 0 N–H and O–H groups in total. The van der Waals surface area contributed by atoms with E-state index in [2.05, 4.69) is 6.07 Å². The predicted octanol–water partition coefficient (Wildman–Crippen LogP) is 6.17. The Kier molecular flexibility index (Phi) is 5.17. The number of carbonyl (C=O) groups excluding carboxylic acids is 1. The Bertz CT molecular complexity index is 1070. The van der Waals surface area contributed by atoms with Gasteiger partial charge in [-0.15, -0.1) is 0 Å². The van der Waals surface area contributed by atoms with E-state index < -0.39 is 10.5 Å². The Morgan fingerprint density at radius 2 is 2.00 bits per heavy atom. The topological polar surface area (TPSA) is 63.5 Å². The fourth-order valence-electron chi connectivity index (χ4n) is 4.00. The molecular weight excluding hydrogens is 448 g/mol. The van der Waals surface area contributed by atoms with Crippen molar-refractivity contribution in [3.05, 3.63) is 68.2 Å². The molecule has 29 heavy (non-hydrogen) atoms. The summed E-state index contributed by atoms with van der Waals surface area (Å²) in [5.74, 6) is -0.213. The number of hydrogen-bond acceptors (Lipinski definition) is 6. The highest BCUT2D eigenvalue weighted by molar-refractivity contribution is 8.84. The van der Waals surface area contributed by atoms with Crippen LogP contribution in [-0.2, 0) is 0 Å². The molecule has 1 saturated heterocycles. The first kappa shape index (κ1) is 20.7. The first-order valence-electron chi connectivity index (χ1n) is 8.89. The van der Waals surface area contributed by atoms with Crippen molar-refractivity contribution in [1.82, 2.24) is 0 Å². The molecule has 0 unspecified atom stereocenters. The predicted molar refractivity (Wildman–Crippen MR) is 124 cm³/mol. The molecule has 2 aliphatic heterocycles. The first-order valence-corrected chi connectivity index (χ1v) is 11.9. The van der Waals surface area contributed by atoms with Gasteiger partial charge in [-0.25, -0.2) is 0 Å². The zero-order valence-corrected chi connectivity index (χ0v) is 19.0. The molecular formula is C20H17ClN2O3S3. The van der Waals surface area contributed by atoms with Crippen molar-refractivity contribution in [3.8, 4) is 0 Å². The van der Waals surface area contributed by atoms with Crippen molar-refractivity contribution in [2.75, 3.05) is 4.90 Å². The normalized spacial score (nSPS) is 22.2. The maximum atomic E-state index is 13.6. The summed E-state index contributed by atoms with van der Waals surface area (Å²) in [7, 11) is 3.29. The van der Waals surface area contributed by atoms with Gasteiger partial charge in [-0.2, -0.15) is 0 Å². The van der Waals surface area contributed by atoms with Crippen LogP contribution in [0.5, 0.6) is 0 Å². The van der Waals surface area contributed by atoms with Crippen molar-refractivity contribution < 1.29 is 9.72 Å². The Balaban J connectivity index is 1.89. The Morgan fingerprint density at radius 3 is 2.69 bits per heavy atom. The minimum atomic E-state index is -0.574. The molecule has 0 aromatic heterocycles. The third-order valence-corrected chi connectivity index (χ3v) is 9.58. The van der Waals surface area contributed by atoms with E-state index in [1.54, 1.807) is 26.5 Å². The lowest BCUT2D eigenvalue weighted by atomic mass is 9.78. The first-order chi connectivity index (χ1) is 13.6. The van der Waals surface area contributed by atoms with Crippen molar-refractivity contribution in [2.45, 2.75) is 37.5 Å². The maximum absolute atomic E-state index is 13.6. The van der Waals surface area contributed by atoms with Gasteiger partial charge in [-0.1, -0.05) is 52.3 Å². The SMILES string of the molecule is Cc1ccc2c(c1)[C@H]1C(=S)SS[C@H]1C(C)(C)N2C(=O)c1ccc(Cl)c([N+](=O)[O-])c1. The third kappa shape index (κ3) is 3.26. The smallest absolute Gasteiger partial charge is 0.288 e. The van der Waals surface area contributed by atoms with E-state index >= 15 is 0 Å². The van der Waals surface area contributed by atoms with E-state index in [-0.39, 0.29) is 33.3 Å². The molecule has 0 aliphatic carbocycles. The average molecular weight is 465 g/mol. The molecule has 0 radical (unpaired) electrons. The summed E-state index contributed by atoms with van der Waals surface area (Å²) in [6.45, 7) is 6.07. The lowest BCUT2D eigenvalue weighted by Gasteiger charge is -2.49. The van der Waals surface area contributed by atoms with Crippen LogP contribution in [-0.4, -0.2) is 25.8 Å². The van der Waals surface area contributed by atoms with Crippen molar-refractivity contribution in [3.63, 3.8) is 0 Å². The molecule has 9 heteroatoms. The molecule has 1 amide bonds. The van der Waals surface area contributed by atoms with E-state index in [0.29, 0.717) is 0 Å². The van der Waals surface area contributed by atoms with E-state index in [9.17, 15) is 14.9 Å². The zero-order valence-electron chi connectivity index (χ0n) is 15.8. The van der Waals surface area contributed by atoms with E-state index in [1.807, 2.05) is 32.9 Å². The third-order valence-electron chi connectivity index (χ3n) is 5.42. The highest BCUT2D eigenvalue weighted by atomic mass is 35.5. The summed E-state index contributed by atoms with van der Waals surface area (Å²) < 4.78 is 0.925. The quantitative estimate of drug-likeness (QED) is 0.229. The van der Waals surface area contributed by atoms with Crippen molar-refractivity contribution in [1.29, 1.82) is 0 Å². The molecule has 2 aliphatic rings. The van der Waals surface area contributed by atoms with Crippen LogP contribution < -0.4 is 4.90 Å². The monoisotopic (exact) mass is 464 g/mol. The second-order valence-corrected chi connectivity index (χ2v) is 11.2. The number of nitrogens with zero attached hydrogens (tertiary/aromatic N) is 2. The molecule has 5 nitrogen and oxygen atoms in total. The van der Waals surface area contributed by atoms with Crippen LogP contribution in [0.4, 0.5) is 11.4 Å². The Morgan fingerprint density at radius 1 is 1.28 bits per heavy atom. The van der Waals surface area contributed by atoms with E-state index in [0.717, 1.165) is 21.0 Å². The number of rotatable bonds is 2. The number of fused-ring (bicyclic) bond motifs is 3. The second kappa shape index (κ2) is 7.27. The minimum Gasteiger partial charge on any atom is -0.301 e. The van der Waals surface area contributed by atoms with Gasteiger partial charge >= 0.3 is 0 Å². The number of hydrogen-bond donors (Lipinski definition) is 0. The molecule has 0 saturated carbocycles. The van der Waals surface area contributed by atoms with Crippen molar-refractivity contribution >= 4 is 66.9 Å². The Labute approximate surface area is 186 Å². The number of halogens is 1. The number of amides is 1. The van der Waals surface area contributed by atoms with Gasteiger partial charge in [0.2, 0.25) is 0 Å². The molecule has 0 spiro atoms.